The van der Waals surface area contributed by atoms with Gasteiger partial charge in [0.25, 0.3) is 0 Å². The zero-order valence-electron chi connectivity index (χ0n) is 22.2. The number of benzene rings is 1. The molecular formula is C26H35F3N4O5. The van der Waals surface area contributed by atoms with Gasteiger partial charge in [0.05, 0.1) is 18.0 Å². The molecule has 0 radical (unpaired) electrons. The minimum absolute atomic E-state index is 0.135. The van der Waals surface area contributed by atoms with Crippen LogP contribution in [0.25, 0.3) is 0 Å². The monoisotopic (exact) mass is 540 g/mol. The lowest BCUT2D eigenvalue weighted by atomic mass is 9.89. The molecule has 210 valence electrons. The van der Waals surface area contributed by atoms with Crippen molar-refractivity contribution in [3.63, 3.8) is 0 Å². The number of nitrogens with one attached hydrogen (secondary N) is 1. The molecule has 3 aliphatic rings. The van der Waals surface area contributed by atoms with Crippen LogP contribution in [0.2, 0.25) is 0 Å². The summed E-state index contributed by atoms with van der Waals surface area (Å²) in [6, 6.07) is 2.92. The second kappa shape index (κ2) is 9.94. The fourth-order valence-corrected chi connectivity index (χ4v) is 5.49. The van der Waals surface area contributed by atoms with E-state index in [0.29, 0.717) is 37.2 Å². The molecule has 0 saturated heterocycles. The fourth-order valence-electron chi connectivity index (χ4n) is 5.49. The first-order valence-corrected chi connectivity index (χ1v) is 12.6. The van der Waals surface area contributed by atoms with E-state index in [1.807, 2.05) is 27.7 Å². The Labute approximate surface area is 219 Å². The summed E-state index contributed by atoms with van der Waals surface area (Å²) < 4.78 is 53.7. The number of rotatable bonds is 8. The van der Waals surface area contributed by atoms with Crippen molar-refractivity contribution in [2.24, 2.45) is 22.6 Å². The van der Waals surface area contributed by atoms with Crippen molar-refractivity contribution >= 4 is 17.8 Å². The zero-order valence-corrected chi connectivity index (χ0v) is 22.2. The number of carbonyl (C=O) groups excluding carboxylic acids is 2. The van der Waals surface area contributed by atoms with Gasteiger partial charge in [0.2, 0.25) is 11.8 Å². The molecule has 2 aliphatic heterocycles. The number of amides is 2. The van der Waals surface area contributed by atoms with E-state index in [1.54, 1.807) is 7.11 Å². The lowest BCUT2D eigenvalue weighted by Crippen LogP contribution is -2.55. The molecule has 3 N–H and O–H groups in total. The SMILES string of the molecule is COCCC(C1CC1C(=O)NC1CC(C)(C)Oc2ccc(OC(F)(F)F)cc21)N1C(=O)CC(C)(C)N=C1N. The van der Waals surface area contributed by atoms with E-state index in [4.69, 9.17) is 15.2 Å². The maximum absolute atomic E-state index is 13.4. The lowest BCUT2D eigenvalue weighted by Gasteiger charge is -2.38. The van der Waals surface area contributed by atoms with Gasteiger partial charge in [-0.15, -0.1) is 13.2 Å². The van der Waals surface area contributed by atoms with Crippen molar-refractivity contribution < 1.29 is 37.0 Å². The van der Waals surface area contributed by atoms with E-state index in [1.165, 1.54) is 23.1 Å². The Morgan fingerprint density at radius 1 is 1.32 bits per heavy atom. The Hall–Kier alpha value is -3.02. The standard InChI is InChI=1S/C26H35F3N4O5/c1-24(2)13-21(34)33(23(30)32-24)19(8-9-36-5)15-11-16(15)22(35)31-18-12-25(3,4)38-20-7-6-14(10-17(18)20)37-26(27,28)29/h6-7,10,15-16,18-19H,8-9,11-13H2,1-5H3,(H2,30,32)(H,31,35). The summed E-state index contributed by atoms with van der Waals surface area (Å²) in [6.07, 6.45) is -3.26. The van der Waals surface area contributed by atoms with Crippen LogP contribution >= 0.6 is 0 Å². The topological polar surface area (TPSA) is 115 Å². The van der Waals surface area contributed by atoms with E-state index < -0.39 is 29.5 Å². The average Bonchev–Trinajstić information content (AvgIpc) is 3.54. The number of fused-ring (bicyclic) bond motifs is 1. The Bertz CT molecular complexity index is 1120. The second-order valence-corrected chi connectivity index (χ2v) is 11.5. The maximum Gasteiger partial charge on any atom is 0.573 e. The molecule has 1 aromatic rings. The number of hydrogen-bond donors (Lipinski definition) is 2. The Morgan fingerprint density at radius 2 is 2.03 bits per heavy atom. The van der Waals surface area contributed by atoms with Crippen LogP contribution in [0.3, 0.4) is 0 Å². The molecule has 1 aromatic carbocycles. The molecule has 1 saturated carbocycles. The highest BCUT2D eigenvalue weighted by molar-refractivity contribution is 5.99. The van der Waals surface area contributed by atoms with Crippen molar-refractivity contribution in [2.45, 2.75) is 83.0 Å². The molecular weight excluding hydrogens is 505 g/mol. The first kappa shape index (κ1) is 28.0. The summed E-state index contributed by atoms with van der Waals surface area (Å²) in [5.41, 5.74) is 5.37. The van der Waals surface area contributed by atoms with E-state index in [0.717, 1.165) is 0 Å². The normalized spacial score (nSPS) is 26.5. The minimum Gasteiger partial charge on any atom is -0.487 e. The predicted octanol–water partition coefficient (Wildman–Crippen LogP) is 3.67. The van der Waals surface area contributed by atoms with Gasteiger partial charge in [0.15, 0.2) is 5.96 Å². The quantitative estimate of drug-likeness (QED) is 0.520. The third-order valence-corrected chi connectivity index (χ3v) is 7.13. The number of guanidine groups is 1. The van der Waals surface area contributed by atoms with Gasteiger partial charge >= 0.3 is 6.36 Å². The molecule has 4 unspecified atom stereocenters. The maximum atomic E-state index is 13.4. The number of ether oxygens (including phenoxy) is 3. The number of halogens is 3. The van der Waals surface area contributed by atoms with E-state index in [-0.39, 0.29) is 41.9 Å². The third-order valence-electron chi connectivity index (χ3n) is 7.13. The summed E-state index contributed by atoms with van der Waals surface area (Å²) in [4.78, 5) is 32.4. The molecule has 2 heterocycles. The zero-order chi connectivity index (χ0) is 28.0. The Kier molecular flexibility index (Phi) is 7.32. The van der Waals surface area contributed by atoms with Crippen molar-refractivity contribution in [3.8, 4) is 11.5 Å². The van der Waals surface area contributed by atoms with Gasteiger partial charge in [-0.05, 0) is 64.7 Å². The van der Waals surface area contributed by atoms with Crippen LogP contribution in [0.5, 0.6) is 11.5 Å². The molecule has 1 aliphatic carbocycles. The van der Waals surface area contributed by atoms with Crippen molar-refractivity contribution in [2.75, 3.05) is 13.7 Å². The molecule has 0 bridgehead atoms. The highest BCUT2D eigenvalue weighted by Gasteiger charge is 2.52. The second-order valence-electron chi connectivity index (χ2n) is 11.5. The molecule has 9 nitrogen and oxygen atoms in total. The van der Waals surface area contributed by atoms with E-state index >= 15 is 0 Å². The van der Waals surface area contributed by atoms with Crippen LogP contribution in [-0.4, -0.2) is 59.9 Å². The number of aliphatic imine (C=N–C) groups is 1. The van der Waals surface area contributed by atoms with Gasteiger partial charge in [-0.25, -0.2) is 4.99 Å². The molecule has 2 amide bonds. The highest BCUT2D eigenvalue weighted by Crippen LogP contribution is 2.47. The van der Waals surface area contributed by atoms with Crippen LogP contribution in [0, 0.1) is 11.8 Å². The van der Waals surface area contributed by atoms with Crippen LogP contribution in [0.4, 0.5) is 13.2 Å². The number of nitrogens with two attached hydrogens (primary N) is 1. The van der Waals surface area contributed by atoms with Gasteiger partial charge in [-0.1, -0.05) is 0 Å². The minimum atomic E-state index is -4.84. The highest BCUT2D eigenvalue weighted by atomic mass is 19.4. The lowest BCUT2D eigenvalue weighted by molar-refractivity contribution is -0.274. The van der Waals surface area contributed by atoms with Gasteiger partial charge in [-0.2, -0.15) is 0 Å². The van der Waals surface area contributed by atoms with E-state index in [2.05, 4.69) is 15.0 Å². The van der Waals surface area contributed by atoms with Crippen LogP contribution in [0.1, 0.15) is 65.0 Å². The molecule has 1 fully saturated rings. The van der Waals surface area contributed by atoms with Crippen molar-refractivity contribution in [1.82, 2.24) is 10.2 Å². The van der Waals surface area contributed by atoms with Crippen molar-refractivity contribution in [1.29, 1.82) is 0 Å². The number of hydrogen-bond acceptors (Lipinski definition) is 7. The fraction of sp³-hybridized carbons (Fsp3) is 0.654. The average molecular weight is 541 g/mol. The summed E-state index contributed by atoms with van der Waals surface area (Å²) in [6.45, 7) is 7.75. The smallest absolute Gasteiger partial charge is 0.487 e. The molecule has 4 rings (SSSR count). The summed E-state index contributed by atoms with van der Waals surface area (Å²) >= 11 is 0. The summed E-state index contributed by atoms with van der Waals surface area (Å²) in [5, 5.41) is 3.01. The van der Waals surface area contributed by atoms with Crippen LogP contribution in [0.15, 0.2) is 23.2 Å². The Morgan fingerprint density at radius 3 is 2.66 bits per heavy atom. The molecule has 0 aromatic heterocycles. The molecule has 4 atom stereocenters. The summed E-state index contributed by atoms with van der Waals surface area (Å²) in [5.74, 6) is -0.801. The van der Waals surface area contributed by atoms with Crippen LogP contribution in [-0.2, 0) is 14.3 Å². The number of carbonyl (C=O) groups is 2. The summed E-state index contributed by atoms with van der Waals surface area (Å²) in [7, 11) is 1.56. The largest absolute Gasteiger partial charge is 0.573 e. The van der Waals surface area contributed by atoms with Crippen LogP contribution < -0.4 is 20.5 Å². The van der Waals surface area contributed by atoms with Gasteiger partial charge in [-0.3, -0.25) is 14.5 Å². The molecule has 12 heteroatoms. The van der Waals surface area contributed by atoms with Gasteiger partial charge in [0, 0.05) is 37.7 Å². The van der Waals surface area contributed by atoms with Crippen molar-refractivity contribution in [3.05, 3.63) is 23.8 Å². The molecule has 38 heavy (non-hydrogen) atoms. The first-order valence-electron chi connectivity index (χ1n) is 12.6. The third kappa shape index (κ3) is 6.33. The Balaban J connectivity index is 1.52. The predicted molar refractivity (Wildman–Crippen MR) is 132 cm³/mol. The van der Waals surface area contributed by atoms with E-state index in [9.17, 15) is 22.8 Å². The van der Waals surface area contributed by atoms with Gasteiger partial charge < -0.3 is 25.3 Å². The number of methoxy groups -OCH3 is 1. The number of nitrogens with zero attached hydrogens (tertiary/aromatic N) is 2. The first-order chi connectivity index (χ1) is 17.6. The molecule has 0 spiro atoms. The number of alkyl halides is 3. The van der Waals surface area contributed by atoms with Gasteiger partial charge in [0.1, 0.15) is 17.1 Å².